The largest absolute Gasteiger partial charge is 0.353 e. The maximum atomic E-state index is 9.01. The molecule has 0 saturated carbocycles. The molecule has 3 rings (SSSR count). The summed E-state index contributed by atoms with van der Waals surface area (Å²) in [5.41, 5.74) is 5.02. The van der Waals surface area contributed by atoms with Gasteiger partial charge in [0.25, 0.3) is 0 Å². The second kappa shape index (κ2) is 4.43. The van der Waals surface area contributed by atoms with E-state index in [1.54, 1.807) is 29.8 Å². The van der Waals surface area contributed by atoms with E-state index < -0.39 is 0 Å². The highest BCUT2D eigenvalue weighted by Gasteiger charge is 2.03. The first-order valence-corrected chi connectivity index (χ1v) is 6.19. The molecule has 5 heteroatoms. The molecule has 3 aromatic rings. The predicted molar refractivity (Wildman–Crippen MR) is 71.9 cm³/mol. The van der Waals surface area contributed by atoms with Gasteiger partial charge in [0.1, 0.15) is 6.07 Å². The number of rotatable bonds is 2. The Hall–Kier alpha value is -2.45. The van der Waals surface area contributed by atoms with Crippen LogP contribution in [0.15, 0.2) is 42.2 Å². The van der Waals surface area contributed by atoms with Gasteiger partial charge in [-0.1, -0.05) is 0 Å². The summed E-state index contributed by atoms with van der Waals surface area (Å²) in [5.74, 6) is 0. The van der Waals surface area contributed by atoms with Crippen molar-refractivity contribution in [1.82, 2.24) is 9.97 Å². The Kier molecular flexibility index (Phi) is 2.63. The number of nitriles is 1. The lowest BCUT2D eigenvalue weighted by Gasteiger charge is -2.07. The molecule has 0 bridgehead atoms. The standard InChI is InChI=1S/C13H8N4S/c14-6-9-3-4-15-7-12(9)17-10-1-2-11-13(5-10)18-8-16-11/h1-5,7-8,17H. The molecule has 0 saturated heterocycles. The van der Waals surface area contributed by atoms with Gasteiger partial charge in [-0.2, -0.15) is 5.26 Å². The number of nitrogens with zero attached hydrogens (tertiary/aromatic N) is 3. The number of benzene rings is 1. The summed E-state index contributed by atoms with van der Waals surface area (Å²) in [7, 11) is 0. The minimum absolute atomic E-state index is 0.578. The van der Waals surface area contributed by atoms with Gasteiger partial charge in [-0.05, 0) is 24.3 Å². The van der Waals surface area contributed by atoms with Crippen molar-refractivity contribution >= 4 is 32.9 Å². The van der Waals surface area contributed by atoms with Gasteiger partial charge in [0.05, 0.1) is 33.2 Å². The van der Waals surface area contributed by atoms with Gasteiger partial charge in [-0.25, -0.2) is 4.98 Å². The zero-order chi connectivity index (χ0) is 12.4. The van der Waals surface area contributed by atoms with Crippen molar-refractivity contribution in [2.75, 3.05) is 5.32 Å². The first kappa shape index (κ1) is 10.7. The Labute approximate surface area is 108 Å². The molecule has 0 radical (unpaired) electrons. The normalized spacial score (nSPS) is 10.2. The molecule has 2 aromatic heterocycles. The summed E-state index contributed by atoms with van der Waals surface area (Å²) in [5, 5.41) is 12.2. The average Bonchev–Trinajstić information content (AvgIpc) is 2.87. The second-order valence-corrected chi connectivity index (χ2v) is 4.58. The third kappa shape index (κ3) is 1.90. The molecule has 18 heavy (non-hydrogen) atoms. The Balaban J connectivity index is 1.98. The average molecular weight is 252 g/mol. The fourth-order valence-corrected chi connectivity index (χ4v) is 2.40. The van der Waals surface area contributed by atoms with Crippen molar-refractivity contribution < 1.29 is 0 Å². The Morgan fingerprint density at radius 3 is 3.11 bits per heavy atom. The van der Waals surface area contributed by atoms with Crippen LogP contribution in [0.3, 0.4) is 0 Å². The molecule has 2 heterocycles. The van der Waals surface area contributed by atoms with Gasteiger partial charge in [-0.15, -0.1) is 11.3 Å². The number of fused-ring (bicyclic) bond motifs is 1. The molecule has 4 nitrogen and oxygen atoms in total. The van der Waals surface area contributed by atoms with E-state index in [9.17, 15) is 0 Å². The fraction of sp³-hybridized carbons (Fsp3) is 0. The number of anilines is 2. The Morgan fingerprint density at radius 2 is 2.22 bits per heavy atom. The summed E-state index contributed by atoms with van der Waals surface area (Å²) in [6.07, 6.45) is 3.26. The van der Waals surface area contributed by atoms with E-state index in [1.807, 2.05) is 23.7 Å². The molecule has 86 valence electrons. The number of thiazole rings is 1. The highest BCUT2D eigenvalue weighted by Crippen LogP contribution is 2.25. The maximum absolute atomic E-state index is 9.01. The number of pyridine rings is 1. The molecular formula is C13H8N4S. The summed E-state index contributed by atoms with van der Waals surface area (Å²) in [6, 6.07) is 9.73. The van der Waals surface area contributed by atoms with Gasteiger partial charge >= 0.3 is 0 Å². The van der Waals surface area contributed by atoms with E-state index >= 15 is 0 Å². The van der Waals surface area contributed by atoms with E-state index in [4.69, 9.17) is 5.26 Å². The van der Waals surface area contributed by atoms with Crippen LogP contribution < -0.4 is 5.32 Å². The minimum atomic E-state index is 0.578. The molecule has 0 aliphatic heterocycles. The Morgan fingerprint density at radius 1 is 1.28 bits per heavy atom. The molecule has 0 atom stereocenters. The van der Waals surface area contributed by atoms with E-state index in [1.165, 1.54) is 0 Å². The summed E-state index contributed by atoms with van der Waals surface area (Å²) >= 11 is 1.59. The zero-order valence-corrected chi connectivity index (χ0v) is 10.1. The van der Waals surface area contributed by atoms with E-state index in [0.29, 0.717) is 11.3 Å². The second-order valence-electron chi connectivity index (χ2n) is 3.69. The van der Waals surface area contributed by atoms with Crippen LogP contribution in [0, 0.1) is 11.3 Å². The van der Waals surface area contributed by atoms with Crippen molar-refractivity contribution in [1.29, 1.82) is 5.26 Å². The molecule has 0 unspecified atom stereocenters. The van der Waals surface area contributed by atoms with Crippen LogP contribution in [0.1, 0.15) is 5.56 Å². The SMILES string of the molecule is N#Cc1ccncc1Nc1ccc2ncsc2c1. The lowest BCUT2D eigenvalue weighted by Crippen LogP contribution is -1.94. The summed E-state index contributed by atoms with van der Waals surface area (Å²) in [6.45, 7) is 0. The fourth-order valence-electron chi connectivity index (χ4n) is 1.68. The van der Waals surface area contributed by atoms with Crippen molar-refractivity contribution in [2.24, 2.45) is 0 Å². The van der Waals surface area contributed by atoms with Crippen LogP contribution in [0.5, 0.6) is 0 Å². The van der Waals surface area contributed by atoms with Gasteiger partial charge in [0.15, 0.2) is 0 Å². The predicted octanol–water partition coefficient (Wildman–Crippen LogP) is 3.31. The molecule has 1 N–H and O–H groups in total. The number of hydrogen-bond donors (Lipinski definition) is 1. The lowest BCUT2D eigenvalue weighted by atomic mass is 10.2. The molecule has 0 aliphatic rings. The van der Waals surface area contributed by atoms with E-state index in [0.717, 1.165) is 15.9 Å². The van der Waals surface area contributed by atoms with Crippen molar-refractivity contribution in [3.8, 4) is 6.07 Å². The molecule has 0 amide bonds. The summed E-state index contributed by atoms with van der Waals surface area (Å²) < 4.78 is 1.11. The van der Waals surface area contributed by atoms with Crippen LogP contribution in [-0.2, 0) is 0 Å². The van der Waals surface area contributed by atoms with Crippen LogP contribution in [0.25, 0.3) is 10.2 Å². The molecule has 0 fully saturated rings. The van der Waals surface area contributed by atoms with Crippen LogP contribution in [-0.4, -0.2) is 9.97 Å². The zero-order valence-electron chi connectivity index (χ0n) is 9.29. The molecule has 0 aliphatic carbocycles. The quantitative estimate of drug-likeness (QED) is 0.760. The number of aromatic nitrogens is 2. The minimum Gasteiger partial charge on any atom is -0.353 e. The smallest absolute Gasteiger partial charge is 0.101 e. The van der Waals surface area contributed by atoms with Crippen LogP contribution in [0.4, 0.5) is 11.4 Å². The first-order chi connectivity index (χ1) is 8.86. The highest BCUT2D eigenvalue weighted by atomic mass is 32.1. The lowest BCUT2D eigenvalue weighted by molar-refractivity contribution is 1.30. The Bertz CT molecular complexity index is 742. The molecule has 0 spiro atoms. The van der Waals surface area contributed by atoms with Crippen molar-refractivity contribution in [2.45, 2.75) is 0 Å². The van der Waals surface area contributed by atoms with Gasteiger partial charge in [0, 0.05) is 11.9 Å². The van der Waals surface area contributed by atoms with Crippen molar-refractivity contribution in [3.05, 3.63) is 47.7 Å². The maximum Gasteiger partial charge on any atom is 0.101 e. The molecular weight excluding hydrogens is 244 g/mol. The van der Waals surface area contributed by atoms with Gasteiger partial charge in [-0.3, -0.25) is 4.98 Å². The van der Waals surface area contributed by atoms with Gasteiger partial charge in [0.2, 0.25) is 0 Å². The number of hydrogen-bond acceptors (Lipinski definition) is 5. The number of nitrogens with one attached hydrogen (secondary N) is 1. The van der Waals surface area contributed by atoms with Crippen LogP contribution in [0.2, 0.25) is 0 Å². The third-order valence-corrected chi connectivity index (χ3v) is 3.34. The van der Waals surface area contributed by atoms with E-state index in [2.05, 4.69) is 21.4 Å². The third-order valence-electron chi connectivity index (χ3n) is 2.55. The van der Waals surface area contributed by atoms with Crippen LogP contribution >= 0.6 is 11.3 Å². The topological polar surface area (TPSA) is 61.6 Å². The monoisotopic (exact) mass is 252 g/mol. The first-order valence-electron chi connectivity index (χ1n) is 5.31. The molecule has 1 aromatic carbocycles. The highest BCUT2D eigenvalue weighted by molar-refractivity contribution is 7.16. The summed E-state index contributed by atoms with van der Waals surface area (Å²) in [4.78, 5) is 8.25. The van der Waals surface area contributed by atoms with Gasteiger partial charge < -0.3 is 5.32 Å². The van der Waals surface area contributed by atoms with Crippen molar-refractivity contribution in [3.63, 3.8) is 0 Å². The van der Waals surface area contributed by atoms with E-state index in [-0.39, 0.29) is 0 Å².